The molecule has 4 rings (SSSR count). The highest BCUT2D eigenvalue weighted by Gasteiger charge is 2.31. The summed E-state index contributed by atoms with van der Waals surface area (Å²) in [7, 11) is 0. The van der Waals surface area contributed by atoms with Crippen LogP contribution in [0.2, 0.25) is 0 Å². The van der Waals surface area contributed by atoms with Gasteiger partial charge in [-0.05, 0) is 48.2 Å². The van der Waals surface area contributed by atoms with Gasteiger partial charge in [0, 0.05) is 18.9 Å². The van der Waals surface area contributed by atoms with Crippen LogP contribution in [0.25, 0.3) is 0 Å². The van der Waals surface area contributed by atoms with Gasteiger partial charge in [0.2, 0.25) is 5.91 Å². The van der Waals surface area contributed by atoms with Crippen LogP contribution in [0.15, 0.2) is 53.7 Å². The molecule has 0 saturated heterocycles. The predicted octanol–water partition coefficient (Wildman–Crippen LogP) is 4.68. The van der Waals surface area contributed by atoms with Crippen LogP contribution in [-0.2, 0) is 16.2 Å². The maximum atomic E-state index is 13.6. The summed E-state index contributed by atoms with van der Waals surface area (Å²) in [5.74, 6) is -0.476. The summed E-state index contributed by atoms with van der Waals surface area (Å²) in [5, 5.41) is 4.14. The standard InChI is InChI=1S/C23H24F2N2O2/c24-19-10-8-17(9-11-19)22-13-21(29-26-22)15-27(23(28)18-5-1-2-6-18)14-16-4-3-7-20(25)12-16/h3-4,7-12,18,21H,1-2,5-6,13-15H2. The Labute approximate surface area is 169 Å². The smallest absolute Gasteiger partial charge is 0.226 e. The van der Waals surface area contributed by atoms with Gasteiger partial charge in [-0.15, -0.1) is 0 Å². The van der Waals surface area contributed by atoms with E-state index in [-0.39, 0.29) is 29.6 Å². The lowest BCUT2D eigenvalue weighted by molar-refractivity contribution is -0.137. The Bertz CT molecular complexity index is 892. The van der Waals surface area contributed by atoms with Gasteiger partial charge >= 0.3 is 0 Å². The molecule has 0 N–H and O–H groups in total. The highest BCUT2D eigenvalue weighted by Crippen LogP contribution is 2.28. The number of hydrogen-bond donors (Lipinski definition) is 0. The lowest BCUT2D eigenvalue weighted by Gasteiger charge is -2.27. The predicted molar refractivity (Wildman–Crippen MR) is 106 cm³/mol. The lowest BCUT2D eigenvalue weighted by Crippen LogP contribution is -2.40. The number of amides is 1. The van der Waals surface area contributed by atoms with E-state index in [9.17, 15) is 13.6 Å². The maximum Gasteiger partial charge on any atom is 0.226 e. The first-order chi connectivity index (χ1) is 14.1. The number of benzene rings is 2. The van der Waals surface area contributed by atoms with E-state index < -0.39 is 0 Å². The van der Waals surface area contributed by atoms with Crippen LogP contribution in [0, 0.1) is 17.6 Å². The Kier molecular flexibility index (Phi) is 5.88. The zero-order chi connectivity index (χ0) is 20.2. The largest absolute Gasteiger partial charge is 0.390 e. The van der Waals surface area contributed by atoms with E-state index in [0.29, 0.717) is 19.5 Å². The first-order valence-corrected chi connectivity index (χ1v) is 10.1. The van der Waals surface area contributed by atoms with Crippen LogP contribution in [-0.4, -0.2) is 29.2 Å². The van der Waals surface area contributed by atoms with E-state index in [1.165, 1.54) is 24.3 Å². The molecule has 0 spiro atoms. The second-order valence-electron chi connectivity index (χ2n) is 7.81. The molecule has 2 aromatic carbocycles. The molecular formula is C23H24F2N2O2. The molecule has 1 saturated carbocycles. The molecule has 0 radical (unpaired) electrons. The number of rotatable bonds is 6. The molecular weight excluding hydrogens is 374 g/mol. The molecule has 0 bridgehead atoms. The average molecular weight is 398 g/mol. The van der Waals surface area contributed by atoms with E-state index >= 15 is 0 Å². The minimum Gasteiger partial charge on any atom is -0.390 e. The van der Waals surface area contributed by atoms with Crippen LogP contribution < -0.4 is 0 Å². The van der Waals surface area contributed by atoms with Gasteiger partial charge in [0.1, 0.15) is 11.6 Å². The van der Waals surface area contributed by atoms with Crippen LogP contribution in [0.3, 0.4) is 0 Å². The Balaban J connectivity index is 1.45. The third-order valence-corrected chi connectivity index (χ3v) is 5.61. The number of carbonyl (C=O) groups excluding carboxylic acids is 1. The third kappa shape index (κ3) is 4.81. The van der Waals surface area contributed by atoms with Crippen molar-refractivity contribution in [2.45, 2.75) is 44.8 Å². The van der Waals surface area contributed by atoms with Crippen LogP contribution in [0.4, 0.5) is 8.78 Å². The van der Waals surface area contributed by atoms with Gasteiger partial charge < -0.3 is 9.74 Å². The minimum atomic E-state index is -0.310. The molecule has 6 heteroatoms. The first kappa shape index (κ1) is 19.6. The number of halogens is 2. The highest BCUT2D eigenvalue weighted by atomic mass is 19.1. The molecule has 1 unspecified atom stereocenters. The lowest BCUT2D eigenvalue weighted by atomic mass is 10.0. The van der Waals surface area contributed by atoms with Crippen LogP contribution in [0.1, 0.15) is 43.2 Å². The summed E-state index contributed by atoms with van der Waals surface area (Å²) in [4.78, 5) is 20.5. The fraction of sp³-hybridized carbons (Fsp3) is 0.391. The van der Waals surface area contributed by atoms with Gasteiger partial charge in [-0.3, -0.25) is 4.79 Å². The van der Waals surface area contributed by atoms with Crippen molar-refractivity contribution in [3.05, 3.63) is 71.3 Å². The zero-order valence-corrected chi connectivity index (χ0v) is 16.2. The van der Waals surface area contributed by atoms with E-state index in [2.05, 4.69) is 5.16 Å². The number of nitrogens with zero attached hydrogens (tertiary/aromatic N) is 2. The molecule has 2 aromatic rings. The highest BCUT2D eigenvalue weighted by molar-refractivity contribution is 6.01. The fourth-order valence-electron chi connectivity index (χ4n) is 4.10. The van der Waals surface area contributed by atoms with Gasteiger partial charge in [0.05, 0.1) is 12.3 Å². The van der Waals surface area contributed by atoms with E-state index in [1.54, 1.807) is 23.1 Å². The number of oxime groups is 1. The fourth-order valence-corrected chi connectivity index (χ4v) is 4.10. The molecule has 29 heavy (non-hydrogen) atoms. The Morgan fingerprint density at radius 2 is 1.83 bits per heavy atom. The van der Waals surface area contributed by atoms with Crippen LogP contribution in [0.5, 0.6) is 0 Å². The average Bonchev–Trinajstić information content (AvgIpc) is 3.40. The van der Waals surface area contributed by atoms with Crippen molar-refractivity contribution in [2.24, 2.45) is 11.1 Å². The van der Waals surface area contributed by atoms with Crippen molar-refractivity contribution in [3.8, 4) is 0 Å². The summed E-state index contributed by atoms with van der Waals surface area (Å²) in [6.45, 7) is 0.735. The van der Waals surface area contributed by atoms with Crippen molar-refractivity contribution in [1.82, 2.24) is 4.90 Å². The van der Waals surface area contributed by atoms with Gasteiger partial charge in [0.15, 0.2) is 6.10 Å². The summed E-state index contributed by atoms with van der Waals surface area (Å²) >= 11 is 0. The van der Waals surface area contributed by atoms with E-state index in [1.807, 2.05) is 6.07 Å². The molecule has 0 aromatic heterocycles. The maximum absolute atomic E-state index is 13.6. The first-order valence-electron chi connectivity index (χ1n) is 10.1. The normalized spacial score (nSPS) is 19.1. The summed E-state index contributed by atoms with van der Waals surface area (Å²) in [5.41, 5.74) is 2.32. The molecule has 1 fully saturated rings. The molecule has 1 atom stereocenters. The van der Waals surface area contributed by atoms with Crippen molar-refractivity contribution in [3.63, 3.8) is 0 Å². The second kappa shape index (κ2) is 8.72. The Morgan fingerprint density at radius 1 is 1.07 bits per heavy atom. The van der Waals surface area contributed by atoms with E-state index in [0.717, 1.165) is 42.5 Å². The van der Waals surface area contributed by atoms with Crippen LogP contribution >= 0.6 is 0 Å². The molecule has 2 aliphatic rings. The van der Waals surface area contributed by atoms with Gasteiger partial charge in [-0.2, -0.15) is 0 Å². The molecule has 1 aliphatic heterocycles. The molecule has 1 amide bonds. The van der Waals surface area contributed by atoms with Gasteiger partial charge in [-0.1, -0.05) is 42.3 Å². The SMILES string of the molecule is O=C(C1CCCC1)N(Cc1cccc(F)c1)CC1CC(c2ccc(F)cc2)=NO1. The third-order valence-electron chi connectivity index (χ3n) is 5.61. The topological polar surface area (TPSA) is 41.9 Å². The quantitative estimate of drug-likeness (QED) is 0.709. The van der Waals surface area contributed by atoms with Crippen molar-refractivity contribution in [1.29, 1.82) is 0 Å². The second-order valence-corrected chi connectivity index (χ2v) is 7.81. The molecule has 1 heterocycles. The zero-order valence-electron chi connectivity index (χ0n) is 16.2. The summed E-state index contributed by atoms with van der Waals surface area (Å²) in [6, 6.07) is 12.5. The van der Waals surface area contributed by atoms with Crippen molar-refractivity contribution >= 4 is 11.6 Å². The number of hydrogen-bond acceptors (Lipinski definition) is 3. The Hall–Kier alpha value is -2.76. The van der Waals surface area contributed by atoms with Gasteiger partial charge in [-0.25, -0.2) is 8.78 Å². The monoisotopic (exact) mass is 398 g/mol. The molecule has 1 aliphatic carbocycles. The summed E-state index contributed by atoms with van der Waals surface area (Å²) in [6.07, 6.45) is 4.23. The number of carbonyl (C=O) groups is 1. The summed E-state index contributed by atoms with van der Waals surface area (Å²) < 4.78 is 26.8. The minimum absolute atomic E-state index is 0.0300. The van der Waals surface area contributed by atoms with Crippen molar-refractivity contribution < 1.29 is 18.4 Å². The van der Waals surface area contributed by atoms with E-state index in [4.69, 9.17) is 4.84 Å². The molecule has 4 nitrogen and oxygen atoms in total. The van der Waals surface area contributed by atoms with Crippen molar-refractivity contribution in [2.75, 3.05) is 6.54 Å². The molecule has 152 valence electrons. The van der Waals surface area contributed by atoms with Gasteiger partial charge in [0.25, 0.3) is 0 Å². The Morgan fingerprint density at radius 3 is 2.55 bits per heavy atom.